The van der Waals surface area contributed by atoms with Gasteiger partial charge in [0.15, 0.2) is 11.5 Å². The second-order valence-corrected chi connectivity index (χ2v) is 9.51. The summed E-state index contributed by atoms with van der Waals surface area (Å²) in [5.41, 5.74) is 2.84. The summed E-state index contributed by atoms with van der Waals surface area (Å²) < 4.78 is 10.7. The topological polar surface area (TPSA) is 72.0 Å². The molecule has 0 unspecified atom stereocenters. The van der Waals surface area contributed by atoms with Crippen LogP contribution in [0.3, 0.4) is 0 Å². The average molecular weight is 494 g/mol. The van der Waals surface area contributed by atoms with Crippen LogP contribution in [0.25, 0.3) is 10.6 Å². The van der Waals surface area contributed by atoms with Gasteiger partial charge in [-0.2, -0.15) is 0 Å². The fraction of sp³-hybridized carbons (Fsp3) is 0.370. The van der Waals surface area contributed by atoms with Crippen molar-refractivity contribution in [2.45, 2.75) is 26.2 Å². The molecular weight excluding hydrogens is 462 g/mol. The van der Waals surface area contributed by atoms with E-state index in [1.807, 2.05) is 53.1 Å². The number of aromatic nitrogens is 1. The molecule has 0 atom stereocenters. The number of benzene rings is 2. The number of methoxy groups -OCH3 is 2. The van der Waals surface area contributed by atoms with Crippen LogP contribution in [-0.2, 0) is 11.2 Å². The van der Waals surface area contributed by atoms with Crippen molar-refractivity contribution in [1.82, 2.24) is 14.8 Å². The van der Waals surface area contributed by atoms with E-state index in [-0.39, 0.29) is 11.8 Å². The standard InChI is InChI=1S/C27H31N3O4S/c1-19-25(35-26(28-19)21-12-13-22(33-2)23(18-21)34-3)27(32)30-16-14-29(15-17-30)24(31)11-7-10-20-8-5-4-6-9-20/h4-6,8-9,12-13,18H,7,10-11,14-17H2,1-3H3. The van der Waals surface area contributed by atoms with Gasteiger partial charge >= 0.3 is 0 Å². The highest BCUT2D eigenvalue weighted by Gasteiger charge is 2.27. The molecule has 2 heterocycles. The number of hydrogen-bond acceptors (Lipinski definition) is 6. The molecule has 1 saturated heterocycles. The third-order valence-electron chi connectivity index (χ3n) is 6.24. The maximum absolute atomic E-state index is 13.2. The fourth-order valence-electron chi connectivity index (χ4n) is 4.24. The second-order valence-electron chi connectivity index (χ2n) is 8.52. The van der Waals surface area contributed by atoms with Crippen molar-refractivity contribution in [3.8, 4) is 22.1 Å². The molecule has 8 heteroatoms. The molecule has 184 valence electrons. The van der Waals surface area contributed by atoms with Gasteiger partial charge in [0.25, 0.3) is 5.91 Å². The van der Waals surface area contributed by atoms with Crippen LogP contribution < -0.4 is 9.47 Å². The Morgan fingerprint density at radius 3 is 2.31 bits per heavy atom. The molecule has 4 rings (SSSR count). The Kier molecular flexibility index (Phi) is 8.02. The molecule has 2 aromatic carbocycles. The number of hydrogen-bond donors (Lipinski definition) is 0. The Hall–Kier alpha value is -3.39. The molecule has 35 heavy (non-hydrogen) atoms. The van der Waals surface area contributed by atoms with E-state index in [9.17, 15) is 9.59 Å². The number of thiazole rings is 1. The summed E-state index contributed by atoms with van der Waals surface area (Å²) in [4.78, 5) is 34.9. The van der Waals surface area contributed by atoms with Crippen LogP contribution >= 0.6 is 11.3 Å². The average Bonchev–Trinajstić information content (AvgIpc) is 3.29. The van der Waals surface area contributed by atoms with E-state index in [0.717, 1.165) is 23.4 Å². The van der Waals surface area contributed by atoms with Crippen molar-refractivity contribution in [3.63, 3.8) is 0 Å². The first-order valence-electron chi connectivity index (χ1n) is 11.8. The van der Waals surface area contributed by atoms with E-state index in [1.165, 1.54) is 16.9 Å². The van der Waals surface area contributed by atoms with Crippen LogP contribution in [0.1, 0.15) is 33.8 Å². The Labute approximate surface area is 210 Å². The van der Waals surface area contributed by atoms with E-state index in [0.29, 0.717) is 54.7 Å². The zero-order valence-electron chi connectivity index (χ0n) is 20.5. The lowest BCUT2D eigenvalue weighted by Crippen LogP contribution is -2.50. The van der Waals surface area contributed by atoms with Crippen LogP contribution in [0, 0.1) is 6.92 Å². The fourth-order valence-corrected chi connectivity index (χ4v) is 5.27. The molecule has 3 aromatic rings. The summed E-state index contributed by atoms with van der Waals surface area (Å²) in [5, 5.41) is 0.763. The number of carbonyl (C=O) groups is 2. The number of carbonyl (C=O) groups excluding carboxylic acids is 2. The van der Waals surface area contributed by atoms with Gasteiger partial charge in [-0.15, -0.1) is 11.3 Å². The van der Waals surface area contributed by atoms with Gasteiger partial charge in [-0.3, -0.25) is 9.59 Å². The van der Waals surface area contributed by atoms with Crippen molar-refractivity contribution < 1.29 is 19.1 Å². The zero-order chi connectivity index (χ0) is 24.8. The number of piperazine rings is 1. The number of ether oxygens (including phenoxy) is 2. The van der Waals surface area contributed by atoms with E-state index in [1.54, 1.807) is 14.2 Å². The van der Waals surface area contributed by atoms with Crippen molar-refractivity contribution in [3.05, 3.63) is 64.7 Å². The molecule has 1 fully saturated rings. The van der Waals surface area contributed by atoms with Gasteiger partial charge in [-0.25, -0.2) is 4.98 Å². The molecule has 0 bridgehead atoms. The van der Waals surface area contributed by atoms with Crippen LogP contribution in [0.2, 0.25) is 0 Å². The highest BCUT2D eigenvalue weighted by Crippen LogP contribution is 2.35. The van der Waals surface area contributed by atoms with E-state index in [4.69, 9.17) is 9.47 Å². The monoisotopic (exact) mass is 493 g/mol. The number of aryl methyl sites for hydroxylation is 2. The van der Waals surface area contributed by atoms with Crippen molar-refractivity contribution in [1.29, 1.82) is 0 Å². The predicted molar refractivity (Wildman–Crippen MR) is 137 cm³/mol. The molecular formula is C27H31N3O4S. The minimum Gasteiger partial charge on any atom is -0.493 e. The zero-order valence-corrected chi connectivity index (χ0v) is 21.3. The molecule has 1 aliphatic rings. The summed E-state index contributed by atoms with van der Waals surface area (Å²) in [6.07, 6.45) is 2.27. The van der Waals surface area contributed by atoms with Gasteiger partial charge < -0.3 is 19.3 Å². The normalized spacial score (nSPS) is 13.6. The minimum absolute atomic E-state index is 0.0251. The molecule has 0 spiro atoms. The van der Waals surface area contributed by atoms with Crippen LogP contribution in [-0.4, -0.2) is 67.0 Å². The first kappa shape index (κ1) is 24.7. The number of nitrogens with zero attached hydrogens (tertiary/aromatic N) is 3. The summed E-state index contributed by atoms with van der Waals surface area (Å²) in [6.45, 7) is 4.06. The second kappa shape index (κ2) is 11.4. The number of rotatable bonds is 8. The Bertz CT molecular complexity index is 1170. The summed E-state index contributed by atoms with van der Waals surface area (Å²) in [5.74, 6) is 1.41. The van der Waals surface area contributed by atoms with Gasteiger partial charge in [0.2, 0.25) is 5.91 Å². The summed E-state index contributed by atoms with van der Waals surface area (Å²) >= 11 is 1.38. The molecule has 2 amide bonds. The maximum atomic E-state index is 13.2. The van der Waals surface area contributed by atoms with Crippen LogP contribution in [0.4, 0.5) is 0 Å². The third-order valence-corrected chi connectivity index (χ3v) is 7.43. The smallest absolute Gasteiger partial charge is 0.265 e. The van der Waals surface area contributed by atoms with Gasteiger partial charge in [0, 0.05) is 38.2 Å². The highest BCUT2D eigenvalue weighted by atomic mass is 32.1. The van der Waals surface area contributed by atoms with Crippen molar-refractivity contribution in [2.24, 2.45) is 0 Å². The van der Waals surface area contributed by atoms with Crippen LogP contribution in [0.5, 0.6) is 11.5 Å². The SMILES string of the molecule is COc1ccc(-c2nc(C)c(C(=O)N3CCN(C(=O)CCCc4ccccc4)CC3)s2)cc1OC. The number of amides is 2. The summed E-state index contributed by atoms with van der Waals surface area (Å²) in [6, 6.07) is 15.8. The van der Waals surface area contributed by atoms with Gasteiger partial charge in [0.1, 0.15) is 9.88 Å². The molecule has 0 radical (unpaired) electrons. The lowest BCUT2D eigenvalue weighted by Gasteiger charge is -2.34. The maximum Gasteiger partial charge on any atom is 0.265 e. The van der Waals surface area contributed by atoms with Gasteiger partial charge in [-0.1, -0.05) is 30.3 Å². The Balaban J connectivity index is 1.33. The predicted octanol–water partition coefficient (Wildman–Crippen LogP) is 4.44. The third kappa shape index (κ3) is 5.82. The van der Waals surface area contributed by atoms with Gasteiger partial charge in [0.05, 0.1) is 19.9 Å². The van der Waals surface area contributed by atoms with Crippen molar-refractivity contribution in [2.75, 3.05) is 40.4 Å². The lowest BCUT2D eigenvalue weighted by molar-refractivity contribution is -0.132. The van der Waals surface area contributed by atoms with E-state index >= 15 is 0 Å². The minimum atomic E-state index is -0.0251. The Morgan fingerprint density at radius 2 is 1.63 bits per heavy atom. The molecule has 0 aliphatic carbocycles. The molecule has 0 N–H and O–H groups in total. The largest absolute Gasteiger partial charge is 0.493 e. The molecule has 7 nitrogen and oxygen atoms in total. The first-order chi connectivity index (χ1) is 17.0. The van der Waals surface area contributed by atoms with Gasteiger partial charge in [-0.05, 0) is 43.5 Å². The first-order valence-corrected chi connectivity index (χ1v) is 12.6. The highest BCUT2D eigenvalue weighted by molar-refractivity contribution is 7.17. The lowest BCUT2D eigenvalue weighted by atomic mass is 10.1. The van der Waals surface area contributed by atoms with Crippen molar-refractivity contribution >= 4 is 23.2 Å². The Morgan fingerprint density at radius 1 is 0.943 bits per heavy atom. The van der Waals surface area contributed by atoms with Crippen LogP contribution in [0.15, 0.2) is 48.5 Å². The molecule has 1 aromatic heterocycles. The summed E-state index contributed by atoms with van der Waals surface area (Å²) in [7, 11) is 3.19. The molecule has 1 aliphatic heterocycles. The molecule has 0 saturated carbocycles. The quantitative estimate of drug-likeness (QED) is 0.464. The van der Waals surface area contributed by atoms with E-state index < -0.39 is 0 Å². The van der Waals surface area contributed by atoms with E-state index in [2.05, 4.69) is 17.1 Å².